The summed E-state index contributed by atoms with van der Waals surface area (Å²) >= 11 is 0. The van der Waals surface area contributed by atoms with Crippen molar-refractivity contribution in [2.24, 2.45) is 23.7 Å². The molecule has 1 aliphatic heterocycles. The van der Waals surface area contributed by atoms with E-state index in [9.17, 15) is 9.59 Å². The summed E-state index contributed by atoms with van der Waals surface area (Å²) in [5, 5.41) is 0. The third kappa shape index (κ3) is 2.08. The van der Waals surface area contributed by atoms with Crippen molar-refractivity contribution >= 4 is 11.9 Å². The Morgan fingerprint density at radius 2 is 2.12 bits per heavy atom. The maximum absolute atomic E-state index is 12.0. The van der Waals surface area contributed by atoms with Crippen molar-refractivity contribution in [3.05, 3.63) is 12.2 Å². The van der Waals surface area contributed by atoms with Gasteiger partial charge in [0.25, 0.3) is 0 Å². The first-order valence-electron chi connectivity index (χ1n) is 6.01. The highest BCUT2D eigenvalue weighted by Crippen LogP contribution is 2.41. The summed E-state index contributed by atoms with van der Waals surface area (Å²) in [6, 6.07) is 0. The zero-order valence-corrected chi connectivity index (χ0v) is 10.4. The van der Waals surface area contributed by atoms with Gasteiger partial charge in [0, 0.05) is 0 Å². The molecule has 0 amide bonds. The smallest absolute Gasteiger partial charge is 0.313 e. The first-order chi connectivity index (χ1) is 8.04. The summed E-state index contributed by atoms with van der Waals surface area (Å²) in [7, 11) is 1.35. The largest absolute Gasteiger partial charge is 0.469 e. The Kier molecular flexibility index (Phi) is 3.22. The van der Waals surface area contributed by atoms with Gasteiger partial charge in [0.2, 0.25) is 0 Å². The summed E-state index contributed by atoms with van der Waals surface area (Å²) in [6.45, 7) is 3.97. The molecule has 0 aromatic heterocycles. The number of carbonyl (C=O) groups excluding carboxylic acids is 2. The molecule has 2 aliphatic rings. The average molecular weight is 238 g/mol. The number of methoxy groups -OCH3 is 1. The Hall–Kier alpha value is -1.32. The SMILES string of the molecule is COC(=O)C1C=CC(C)C2CC(C)OC(=O)C12. The molecule has 0 spiro atoms. The maximum Gasteiger partial charge on any atom is 0.313 e. The molecule has 1 heterocycles. The number of fused-ring (bicyclic) bond motifs is 1. The molecular formula is C13H18O4. The van der Waals surface area contributed by atoms with E-state index >= 15 is 0 Å². The van der Waals surface area contributed by atoms with Gasteiger partial charge in [-0.25, -0.2) is 0 Å². The molecule has 0 bridgehead atoms. The van der Waals surface area contributed by atoms with Crippen LogP contribution >= 0.6 is 0 Å². The normalized spacial score (nSPS) is 40.4. The molecule has 94 valence electrons. The third-order valence-corrected chi connectivity index (χ3v) is 3.81. The highest BCUT2D eigenvalue weighted by molar-refractivity contribution is 5.84. The van der Waals surface area contributed by atoms with Gasteiger partial charge in [0.1, 0.15) is 0 Å². The van der Waals surface area contributed by atoms with Crippen molar-refractivity contribution in [2.75, 3.05) is 7.11 Å². The van der Waals surface area contributed by atoms with Crippen molar-refractivity contribution in [3.63, 3.8) is 0 Å². The molecule has 1 fully saturated rings. The quantitative estimate of drug-likeness (QED) is 0.513. The van der Waals surface area contributed by atoms with E-state index in [1.165, 1.54) is 7.11 Å². The molecule has 0 radical (unpaired) electrons. The lowest BCUT2D eigenvalue weighted by Gasteiger charge is -2.41. The summed E-state index contributed by atoms with van der Waals surface area (Å²) in [4.78, 5) is 23.6. The Morgan fingerprint density at radius 3 is 2.76 bits per heavy atom. The Bertz CT molecular complexity index is 360. The van der Waals surface area contributed by atoms with E-state index in [4.69, 9.17) is 9.47 Å². The van der Waals surface area contributed by atoms with E-state index in [1.54, 1.807) is 6.08 Å². The zero-order valence-electron chi connectivity index (χ0n) is 10.4. The van der Waals surface area contributed by atoms with E-state index in [0.717, 1.165) is 6.42 Å². The second-order valence-corrected chi connectivity index (χ2v) is 4.97. The molecule has 0 saturated carbocycles. The van der Waals surface area contributed by atoms with Crippen LogP contribution < -0.4 is 0 Å². The van der Waals surface area contributed by atoms with Gasteiger partial charge in [0.15, 0.2) is 0 Å². The van der Waals surface area contributed by atoms with Gasteiger partial charge in [-0.2, -0.15) is 0 Å². The molecule has 1 saturated heterocycles. The van der Waals surface area contributed by atoms with Gasteiger partial charge in [-0.05, 0) is 25.2 Å². The minimum atomic E-state index is -0.485. The van der Waals surface area contributed by atoms with Crippen molar-refractivity contribution < 1.29 is 19.1 Å². The molecule has 0 N–H and O–H groups in total. The number of rotatable bonds is 1. The topological polar surface area (TPSA) is 52.6 Å². The molecule has 4 nitrogen and oxygen atoms in total. The molecule has 0 aromatic carbocycles. The van der Waals surface area contributed by atoms with Gasteiger partial charge in [-0.15, -0.1) is 0 Å². The van der Waals surface area contributed by atoms with E-state index in [1.807, 2.05) is 13.0 Å². The molecule has 2 rings (SSSR count). The Morgan fingerprint density at radius 1 is 1.41 bits per heavy atom. The lowest BCUT2D eigenvalue weighted by Crippen LogP contribution is -2.46. The van der Waals surface area contributed by atoms with Gasteiger partial charge in [0.05, 0.1) is 25.0 Å². The minimum Gasteiger partial charge on any atom is -0.469 e. The third-order valence-electron chi connectivity index (χ3n) is 3.81. The zero-order chi connectivity index (χ0) is 12.6. The van der Waals surface area contributed by atoms with Crippen LogP contribution in [0, 0.1) is 23.7 Å². The van der Waals surface area contributed by atoms with E-state index in [2.05, 4.69) is 6.92 Å². The number of hydrogen-bond acceptors (Lipinski definition) is 4. The molecule has 17 heavy (non-hydrogen) atoms. The van der Waals surface area contributed by atoms with Crippen LogP contribution in [0.2, 0.25) is 0 Å². The van der Waals surface area contributed by atoms with Crippen LogP contribution in [0.5, 0.6) is 0 Å². The summed E-state index contributed by atoms with van der Waals surface area (Å²) in [5.74, 6) is -0.994. The van der Waals surface area contributed by atoms with Gasteiger partial charge < -0.3 is 9.47 Å². The van der Waals surface area contributed by atoms with Gasteiger partial charge in [-0.3, -0.25) is 9.59 Å². The second kappa shape index (κ2) is 4.51. The van der Waals surface area contributed by atoms with Crippen LogP contribution in [0.4, 0.5) is 0 Å². The summed E-state index contributed by atoms with van der Waals surface area (Å²) < 4.78 is 10.00. The number of ether oxygens (including phenoxy) is 2. The fraction of sp³-hybridized carbons (Fsp3) is 0.692. The lowest BCUT2D eigenvalue weighted by atomic mass is 9.68. The number of hydrogen-bond donors (Lipinski definition) is 0. The maximum atomic E-state index is 12.0. The van der Waals surface area contributed by atoms with Crippen molar-refractivity contribution in [2.45, 2.75) is 26.4 Å². The van der Waals surface area contributed by atoms with E-state index < -0.39 is 5.92 Å². The average Bonchev–Trinajstić information content (AvgIpc) is 2.29. The first kappa shape index (κ1) is 12.1. The van der Waals surface area contributed by atoms with E-state index in [-0.39, 0.29) is 29.9 Å². The second-order valence-electron chi connectivity index (χ2n) is 4.97. The van der Waals surface area contributed by atoms with Crippen LogP contribution in [0.25, 0.3) is 0 Å². The fourth-order valence-electron chi connectivity index (χ4n) is 2.90. The monoisotopic (exact) mass is 238 g/mol. The van der Waals surface area contributed by atoms with Crippen LogP contribution in [0.3, 0.4) is 0 Å². The number of carbonyl (C=O) groups is 2. The Labute approximate surface area is 101 Å². The molecular weight excluding hydrogens is 220 g/mol. The van der Waals surface area contributed by atoms with Crippen molar-refractivity contribution in [1.29, 1.82) is 0 Å². The van der Waals surface area contributed by atoms with Crippen molar-refractivity contribution in [1.82, 2.24) is 0 Å². The van der Waals surface area contributed by atoms with E-state index in [0.29, 0.717) is 5.92 Å². The molecule has 5 atom stereocenters. The number of allylic oxidation sites excluding steroid dienone is 1. The first-order valence-corrected chi connectivity index (χ1v) is 6.01. The van der Waals surface area contributed by atoms with Gasteiger partial charge in [-0.1, -0.05) is 19.1 Å². The fourth-order valence-corrected chi connectivity index (χ4v) is 2.90. The predicted molar refractivity (Wildman–Crippen MR) is 61.0 cm³/mol. The van der Waals surface area contributed by atoms with Crippen LogP contribution in [0.1, 0.15) is 20.3 Å². The highest BCUT2D eigenvalue weighted by atomic mass is 16.5. The number of cyclic esters (lactones) is 1. The molecule has 4 heteroatoms. The lowest BCUT2D eigenvalue weighted by molar-refractivity contribution is -0.173. The van der Waals surface area contributed by atoms with Gasteiger partial charge >= 0.3 is 11.9 Å². The minimum absolute atomic E-state index is 0.0593. The molecule has 5 unspecified atom stereocenters. The van der Waals surface area contributed by atoms with Crippen LogP contribution in [0.15, 0.2) is 12.2 Å². The standard InChI is InChI=1S/C13H18O4/c1-7-4-5-9(12(14)16-3)11-10(7)6-8(2)17-13(11)15/h4-5,7-11H,6H2,1-3H3. The van der Waals surface area contributed by atoms with Crippen LogP contribution in [-0.4, -0.2) is 25.2 Å². The van der Waals surface area contributed by atoms with Crippen molar-refractivity contribution in [3.8, 4) is 0 Å². The predicted octanol–water partition coefficient (Wildman–Crippen LogP) is 1.55. The molecule has 0 aromatic rings. The summed E-state index contributed by atoms with van der Waals surface area (Å²) in [5.41, 5.74) is 0. The number of esters is 2. The highest BCUT2D eigenvalue weighted by Gasteiger charge is 2.47. The summed E-state index contributed by atoms with van der Waals surface area (Å²) in [6.07, 6.45) is 4.55. The van der Waals surface area contributed by atoms with Crippen LogP contribution in [-0.2, 0) is 19.1 Å². The Balaban J connectivity index is 2.30. The molecule has 1 aliphatic carbocycles.